The van der Waals surface area contributed by atoms with Gasteiger partial charge < -0.3 is 54.0 Å². The molecule has 0 spiro atoms. The van der Waals surface area contributed by atoms with Crippen LogP contribution in [-0.2, 0) is 9.47 Å². The molecular formula is C27H34O11. The molecule has 38 heavy (non-hydrogen) atoms. The third-order valence-corrected chi connectivity index (χ3v) is 6.71. The van der Waals surface area contributed by atoms with E-state index in [1.54, 1.807) is 32.4 Å². The van der Waals surface area contributed by atoms with E-state index < -0.39 is 49.3 Å². The van der Waals surface area contributed by atoms with Crippen LogP contribution in [-0.4, -0.2) is 97.4 Å². The summed E-state index contributed by atoms with van der Waals surface area (Å²) in [5.74, 6) is 1.17. The Balaban J connectivity index is 1.60. The zero-order valence-electron chi connectivity index (χ0n) is 21.4. The average Bonchev–Trinajstić information content (AvgIpc) is 3.31. The minimum absolute atomic E-state index is 0.183. The lowest BCUT2D eigenvalue weighted by Crippen LogP contribution is -2.60. The first-order valence-electron chi connectivity index (χ1n) is 12.2. The van der Waals surface area contributed by atoms with Gasteiger partial charge in [0, 0.05) is 12.7 Å². The number of benzene rings is 2. The van der Waals surface area contributed by atoms with Crippen molar-refractivity contribution >= 4 is 6.08 Å². The van der Waals surface area contributed by atoms with Crippen LogP contribution in [0.15, 0.2) is 36.4 Å². The molecule has 0 radical (unpaired) electrons. The normalized spacial score (nSPS) is 28.7. The predicted octanol–water partition coefficient (Wildman–Crippen LogP) is 0.752. The Morgan fingerprint density at radius 3 is 2.29 bits per heavy atom. The van der Waals surface area contributed by atoms with Gasteiger partial charge in [0.1, 0.15) is 30.5 Å². The van der Waals surface area contributed by atoms with E-state index in [9.17, 15) is 25.5 Å². The molecule has 1 fully saturated rings. The minimum atomic E-state index is -1.57. The SMILES string of the molecule is COCC=Cc1cc(OC)c2c(c1)[C@@H](CO)[C@H](c1ccc(O[C@H]3O[C@H](CO)[C@@H](O)[C@@H](O)[C@@H]3O)c(OC)c1)O2. The first-order valence-corrected chi connectivity index (χ1v) is 12.2. The van der Waals surface area contributed by atoms with Crippen molar-refractivity contribution < 1.29 is 54.0 Å². The van der Waals surface area contributed by atoms with Gasteiger partial charge >= 0.3 is 0 Å². The van der Waals surface area contributed by atoms with E-state index in [-0.39, 0.29) is 18.1 Å². The third-order valence-electron chi connectivity index (χ3n) is 6.71. The molecule has 11 heteroatoms. The highest BCUT2D eigenvalue weighted by Crippen LogP contribution is 2.51. The Hall–Kier alpha value is -2.90. The van der Waals surface area contributed by atoms with Crippen LogP contribution in [0.4, 0.5) is 0 Å². The van der Waals surface area contributed by atoms with Crippen LogP contribution in [0, 0.1) is 0 Å². The average molecular weight is 535 g/mol. The highest BCUT2D eigenvalue weighted by molar-refractivity contribution is 5.62. The van der Waals surface area contributed by atoms with Crippen LogP contribution in [0.3, 0.4) is 0 Å². The first kappa shape index (κ1) is 28.1. The summed E-state index contributed by atoms with van der Waals surface area (Å²) in [6.45, 7) is -0.298. The predicted molar refractivity (Wildman–Crippen MR) is 134 cm³/mol. The minimum Gasteiger partial charge on any atom is -0.493 e. The van der Waals surface area contributed by atoms with Gasteiger partial charge in [-0.2, -0.15) is 0 Å². The number of hydrogen-bond acceptors (Lipinski definition) is 11. The zero-order chi connectivity index (χ0) is 27.4. The van der Waals surface area contributed by atoms with E-state index in [0.29, 0.717) is 23.7 Å². The Morgan fingerprint density at radius 2 is 1.63 bits per heavy atom. The Labute approximate surface area is 220 Å². The molecule has 0 bridgehead atoms. The molecule has 0 saturated carbocycles. The maximum Gasteiger partial charge on any atom is 0.229 e. The van der Waals surface area contributed by atoms with E-state index in [0.717, 1.165) is 11.1 Å². The molecule has 1 saturated heterocycles. The van der Waals surface area contributed by atoms with Crippen molar-refractivity contribution in [2.24, 2.45) is 0 Å². The summed E-state index contributed by atoms with van der Waals surface area (Å²) in [5.41, 5.74) is 2.37. The smallest absolute Gasteiger partial charge is 0.229 e. The van der Waals surface area contributed by atoms with Crippen molar-refractivity contribution in [3.8, 4) is 23.0 Å². The van der Waals surface area contributed by atoms with Gasteiger partial charge in [-0.3, -0.25) is 0 Å². The van der Waals surface area contributed by atoms with Crippen LogP contribution in [0.25, 0.3) is 6.08 Å². The van der Waals surface area contributed by atoms with Crippen molar-refractivity contribution in [3.63, 3.8) is 0 Å². The zero-order valence-corrected chi connectivity index (χ0v) is 21.4. The molecule has 2 aromatic carbocycles. The molecule has 11 nitrogen and oxygen atoms in total. The van der Waals surface area contributed by atoms with Crippen LogP contribution < -0.4 is 18.9 Å². The second-order valence-electron chi connectivity index (χ2n) is 9.05. The fourth-order valence-corrected chi connectivity index (χ4v) is 4.69. The highest BCUT2D eigenvalue weighted by atomic mass is 16.7. The standard InChI is InChI=1S/C27H34O11/c1-33-8-4-5-14-9-16-17(12-28)25(38-26(16)20(10-14)35-3)15-6-7-18(19(11-15)34-2)36-27-24(32)23(31)22(30)21(13-29)37-27/h4-7,9-11,17,21-25,27-32H,8,12-13H2,1-3H3/t17-,21-,22-,23-,24+,25+,27+/m1/s1. The molecule has 208 valence electrons. The largest absolute Gasteiger partial charge is 0.493 e. The first-order chi connectivity index (χ1) is 18.4. The van der Waals surface area contributed by atoms with E-state index in [1.165, 1.54) is 7.11 Å². The van der Waals surface area contributed by atoms with Crippen LogP contribution in [0.5, 0.6) is 23.0 Å². The lowest BCUT2D eigenvalue weighted by molar-refractivity contribution is -0.277. The topological polar surface area (TPSA) is 157 Å². The summed E-state index contributed by atoms with van der Waals surface area (Å²) in [7, 11) is 4.61. The van der Waals surface area contributed by atoms with Gasteiger partial charge in [0.05, 0.1) is 40.0 Å². The lowest BCUT2D eigenvalue weighted by Gasteiger charge is -2.39. The van der Waals surface area contributed by atoms with E-state index >= 15 is 0 Å². The van der Waals surface area contributed by atoms with Gasteiger partial charge in [-0.1, -0.05) is 18.2 Å². The number of fused-ring (bicyclic) bond motifs is 1. The van der Waals surface area contributed by atoms with Gasteiger partial charge in [0.2, 0.25) is 6.29 Å². The van der Waals surface area contributed by atoms with Crippen LogP contribution in [0.2, 0.25) is 0 Å². The van der Waals surface area contributed by atoms with Gasteiger partial charge in [-0.05, 0) is 35.4 Å². The summed E-state index contributed by atoms with van der Waals surface area (Å²) in [5, 5.41) is 50.1. The summed E-state index contributed by atoms with van der Waals surface area (Å²) >= 11 is 0. The van der Waals surface area contributed by atoms with Crippen LogP contribution in [0.1, 0.15) is 28.7 Å². The second-order valence-corrected chi connectivity index (χ2v) is 9.05. The molecule has 0 unspecified atom stereocenters. The lowest BCUT2D eigenvalue weighted by atomic mass is 9.90. The van der Waals surface area contributed by atoms with Crippen molar-refractivity contribution in [1.29, 1.82) is 0 Å². The van der Waals surface area contributed by atoms with Gasteiger partial charge in [0.25, 0.3) is 0 Å². The Morgan fingerprint density at radius 1 is 0.868 bits per heavy atom. The summed E-state index contributed by atoms with van der Waals surface area (Å²) in [6.07, 6.45) is -3.89. The molecule has 5 N–H and O–H groups in total. The molecule has 0 amide bonds. The number of methoxy groups -OCH3 is 3. The number of ether oxygens (including phenoxy) is 6. The van der Waals surface area contributed by atoms with E-state index in [1.807, 2.05) is 24.3 Å². The Kier molecular flexibility index (Phi) is 9.11. The Bertz CT molecular complexity index is 1120. The highest BCUT2D eigenvalue weighted by Gasteiger charge is 2.45. The fraction of sp³-hybridized carbons (Fsp3) is 0.481. The summed E-state index contributed by atoms with van der Waals surface area (Å²) < 4.78 is 33.6. The number of rotatable bonds is 10. The van der Waals surface area contributed by atoms with Gasteiger partial charge in [-0.25, -0.2) is 0 Å². The molecule has 0 aliphatic carbocycles. The molecule has 2 aliphatic rings. The molecule has 0 aromatic heterocycles. The van der Waals surface area contributed by atoms with Gasteiger partial charge in [0.15, 0.2) is 23.0 Å². The number of aliphatic hydroxyl groups is 5. The molecule has 7 atom stereocenters. The quantitative estimate of drug-likeness (QED) is 0.293. The van der Waals surface area contributed by atoms with Gasteiger partial charge in [-0.15, -0.1) is 0 Å². The summed E-state index contributed by atoms with van der Waals surface area (Å²) in [4.78, 5) is 0. The van der Waals surface area contributed by atoms with E-state index in [2.05, 4.69) is 0 Å². The maximum absolute atomic E-state index is 10.3. The third kappa shape index (κ3) is 5.45. The van der Waals surface area contributed by atoms with Crippen molar-refractivity contribution in [3.05, 3.63) is 53.1 Å². The van der Waals surface area contributed by atoms with Crippen molar-refractivity contribution in [1.82, 2.24) is 0 Å². The maximum atomic E-state index is 10.3. The molecular weight excluding hydrogens is 500 g/mol. The van der Waals surface area contributed by atoms with E-state index in [4.69, 9.17) is 28.4 Å². The van der Waals surface area contributed by atoms with Crippen LogP contribution >= 0.6 is 0 Å². The molecule has 2 aromatic rings. The van der Waals surface area contributed by atoms with Crippen molar-refractivity contribution in [2.75, 3.05) is 41.2 Å². The second kappa shape index (κ2) is 12.3. The molecule has 4 rings (SSSR count). The fourth-order valence-electron chi connectivity index (χ4n) is 4.69. The number of hydrogen-bond donors (Lipinski definition) is 5. The molecule has 2 aliphatic heterocycles. The molecule has 2 heterocycles. The summed E-state index contributed by atoms with van der Waals surface area (Å²) in [6, 6.07) is 8.79. The number of aliphatic hydroxyl groups excluding tert-OH is 5. The monoisotopic (exact) mass is 534 g/mol. The van der Waals surface area contributed by atoms with Crippen molar-refractivity contribution in [2.45, 2.75) is 42.7 Å².